The second kappa shape index (κ2) is 9.55. The number of esters is 3. The Labute approximate surface area is 140 Å². The van der Waals surface area contributed by atoms with Crippen LogP contribution in [0.2, 0.25) is 0 Å². The molecular formula is C15H25NO8. The number of carbonyl (C=O) groups is 3. The molecule has 1 heterocycles. The van der Waals surface area contributed by atoms with Crippen LogP contribution in [-0.4, -0.2) is 60.3 Å². The van der Waals surface area contributed by atoms with Gasteiger partial charge in [-0.15, -0.1) is 0 Å². The van der Waals surface area contributed by atoms with Gasteiger partial charge in [-0.3, -0.25) is 14.4 Å². The topological polar surface area (TPSA) is 134 Å². The van der Waals surface area contributed by atoms with Crippen LogP contribution in [0.1, 0.15) is 40.0 Å². The molecule has 1 fully saturated rings. The van der Waals surface area contributed by atoms with Crippen molar-refractivity contribution in [2.45, 2.75) is 70.7 Å². The third kappa shape index (κ3) is 5.43. The van der Waals surface area contributed by atoms with Gasteiger partial charge < -0.3 is 29.8 Å². The lowest BCUT2D eigenvalue weighted by Gasteiger charge is -2.42. The van der Waals surface area contributed by atoms with Crippen molar-refractivity contribution < 1.29 is 38.4 Å². The first-order valence-electron chi connectivity index (χ1n) is 7.97. The van der Waals surface area contributed by atoms with Gasteiger partial charge in [0.15, 0.2) is 18.5 Å². The molecule has 0 aliphatic carbocycles. The first kappa shape index (κ1) is 20.3. The molecule has 0 spiro atoms. The molecule has 1 saturated heterocycles. The lowest BCUT2D eigenvalue weighted by molar-refractivity contribution is -0.261. The van der Waals surface area contributed by atoms with Gasteiger partial charge in [-0.2, -0.15) is 0 Å². The molecule has 138 valence electrons. The van der Waals surface area contributed by atoms with Crippen molar-refractivity contribution in [1.82, 2.24) is 0 Å². The molecule has 9 heteroatoms. The van der Waals surface area contributed by atoms with Gasteiger partial charge in [0.05, 0.1) is 6.04 Å². The van der Waals surface area contributed by atoms with Crippen molar-refractivity contribution in [3.63, 3.8) is 0 Å². The molecule has 1 rings (SSSR count). The number of hydrogen-bond acceptors (Lipinski definition) is 9. The average Bonchev–Trinajstić information content (AvgIpc) is 2.58. The largest absolute Gasteiger partial charge is 0.463 e. The summed E-state index contributed by atoms with van der Waals surface area (Å²) >= 11 is 0. The predicted molar refractivity (Wildman–Crippen MR) is 80.4 cm³/mol. The first-order chi connectivity index (χ1) is 11.3. The molecule has 1 aliphatic heterocycles. The zero-order chi connectivity index (χ0) is 18.3. The van der Waals surface area contributed by atoms with Crippen molar-refractivity contribution in [2.24, 2.45) is 5.73 Å². The van der Waals surface area contributed by atoms with Crippen molar-refractivity contribution >= 4 is 17.9 Å². The normalized spacial score (nSPS) is 29.6. The summed E-state index contributed by atoms with van der Waals surface area (Å²) in [5.74, 6) is -1.60. The van der Waals surface area contributed by atoms with E-state index in [9.17, 15) is 19.5 Å². The Balaban J connectivity index is 2.97. The van der Waals surface area contributed by atoms with Gasteiger partial charge in [0.2, 0.25) is 0 Å². The van der Waals surface area contributed by atoms with Crippen LogP contribution in [0, 0.1) is 0 Å². The first-order valence-corrected chi connectivity index (χ1v) is 7.97. The highest BCUT2D eigenvalue weighted by atomic mass is 16.7. The van der Waals surface area contributed by atoms with E-state index in [1.165, 1.54) is 0 Å². The Morgan fingerprint density at radius 1 is 0.958 bits per heavy atom. The number of ether oxygens (including phenoxy) is 4. The quantitative estimate of drug-likeness (QED) is 0.467. The molecular weight excluding hydrogens is 322 g/mol. The summed E-state index contributed by atoms with van der Waals surface area (Å²) in [6.07, 6.45) is -4.32. The fourth-order valence-corrected chi connectivity index (χ4v) is 2.11. The molecule has 5 atom stereocenters. The molecule has 0 radical (unpaired) electrons. The molecule has 0 aromatic carbocycles. The monoisotopic (exact) mass is 347 g/mol. The SMILES string of the molecule is CCC(=O)OC[C@H]1O[C@@H](O)[C@H](N)[C@@H](OC(=O)CC)[C@@H]1OC(=O)CC. The van der Waals surface area contributed by atoms with Crippen molar-refractivity contribution in [2.75, 3.05) is 6.61 Å². The van der Waals surface area contributed by atoms with Gasteiger partial charge in [-0.1, -0.05) is 20.8 Å². The molecule has 0 saturated carbocycles. The minimum absolute atomic E-state index is 0.0874. The standard InChI is InChI=1S/C15H25NO8/c1-4-9(17)21-7-8-13(23-10(18)5-2)14(24-11(19)6-3)12(16)15(20)22-8/h8,12-15,20H,4-7,16H2,1-3H3/t8-,12-,13-,14-,15-/m1/s1. The van der Waals surface area contributed by atoms with Crippen LogP contribution in [-0.2, 0) is 33.3 Å². The summed E-state index contributed by atoms with van der Waals surface area (Å²) < 4.78 is 20.8. The van der Waals surface area contributed by atoms with Gasteiger partial charge in [-0.05, 0) is 0 Å². The van der Waals surface area contributed by atoms with Crippen LogP contribution in [0.25, 0.3) is 0 Å². The second-order valence-electron chi connectivity index (χ2n) is 5.30. The summed E-state index contributed by atoms with van der Waals surface area (Å²) in [6.45, 7) is 4.55. The van der Waals surface area contributed by atoms with Gasteiger partial charge in [0.1, 0.15) is 12.7 Å². The van der Waals surface area contributed by atoms with E-state index in [0.717, 1.165) is 0 Å². The maximum absolute atomic E-state index is 11.7. The number of aliphatic hydroxyl groups is 1. The summed E-state index contributed by atoms with van der Waals surface area (Å²) in [4.78, 5) is 34.6. The van der Waals surface area contributed by atoms with E-state index in [0.29, 0.717) is 0 Å². The minimum atomic E-state index is -1.46. The van der Waals surface area contributed by atoms with Crippen LogP contribution < -0.4 is 5.73 Å². The van der Waals surface area contributed by atoms with E-state index in [1.54, 1.807) is 20.8 Å². The summed E-state index contributed by atoms with van der Waals surface area (Å²) in [5, 5.41) is 9.92. The van der Waals surface area contributed by atoms with Gasteiger partial charge in [0.25, 0.3) is 0 Å². The van der Waals surface area contributed by atoms with Crippen LogP contribution >= 0.6 is 0 Å². The Morgan fingerprint density at radius 3 is 1.96 bits per heavy atom. The van der Waals surface area contributed by atoms with E-state index in [4.69, 9.17) is 24.7 Å². The molecule has 24 heavy (non-hydrogen) atoms. The molecule has 0 amide bonds. The molecule has 0 unspecified atom stereocenters. The van der Waals surface area contributed by atoms with Crippen LogP contribution in [0.4, 0.5) is 0 Å². The van der Waals surface area contributed by atoms with Gasteiger partial charge in [-0.25, -0.2) is 0 Å². The van der Waals surface area contributed by atoms with Crippen molar-refractivity contribution in [3.05, 3.63) is 0 Å². The molecule has 3 N–H and O–H groups in total. The van der Waals surface area contributed by atoms with Crippen LogP contribution in [0.5, 0.6) is 0 Å². The van der Waals surface area contributed by atoms with Crippen molar-refractivity contribution in [3.8, 4) is 0 Å². The molecule has 0 aromatic rings. The van der Waals surface area contributed by atoms with E-state index in [-0.39, 0.29) is 25.9 Å². The maximum atomic E-state index is 11.7. The lowest BCUT2D eigenvalue weighted by atomic mass is 9.97. The third-order valence-corrected chi connectivity index (χ3v) is 3.52. The molecule has 1 aliphatic rings. The Kier molecular flexibility index (Phi) is 8.09. The Hall–Kier alpha value is -1.71. The number of rotatable bonds is 7. The Bertz CT molecular complexity index is 455. The maximum Gasteiger partial charge on any atom is 0.306 e. The summed E-state index contributed by atoms with van der Waals surface area (Å²) in [7, 11) is 0. The highest BCUT2D eigenvalue weighted by Crippen LogP contribution is 2.25. The highest BCUT2D eigenvalue weighted by molar-refractivity contribution is 5.70. The fraction of sp³-hybridized carbons (Fsp3) is 0.800. The molecule has 0 bridgehead atoms. The summed E-state index contributed by atoms with van der Waals surface area (Å²) in [5.41, 5.74) is 5.83. The number of hydrogen-bond donors (Lipinski definition) is 2. The van der Waals surface area contributed by atoms with E-state index < -0.39 is 48.6 Å². The Morgan fingerprint density at radius 2 is 1.46 bits per heavy atom. The number of aliphatic hydroxyl groups excluding tert-OH is 1. The molecule has 0 aromatic heterocycles. The van der Waals surface area contributed by atoms with Gasteiger partial charge >= 0.3 is 17.9 Å². The third-order valence-electron chi connectivity index (χ3n) is 3.52. The fourth-order valence-electron chi connectivity index (χ4n) is 2.11. The van der Waals surface area contributed by atoms with Crippen molar-refractivity contribution in [1.29, 1.82) is 0 Å². The van der Waals surface area contributed by atoms with Crippen LogP contribution in [0.15, 0.2) is 0 Å². The lowest BCUT2D eigenvalue weighted by Crippen LogP contribution is -2.64. The van der Waals surface area contributed by atoms with Gasteiger partial charge in [0, 0.05) is 19.3 Å². The smallest absolute Gasteiger partial charge is 0.306 e. The minimum Gasteiger partial charge on any atom is -0.463 e. The molecule has 9 nitrogen and oxygen atoms in total. The summed E-state index contributed by atoms with van der Waals surface area (Å²) in [6, 6.07) is -1.10. The second-order valence-corrected chi connectivity index (χ2v) is 5.30. The zero-order valence-electron chi connectivity index (χ0n) is 14.1. The van der Waals surface area contributed by atoms with Crippen LogP contribution in [0.3, 0.4) is 0 Å². The number of nitrogens with two attached hydrogens (primary N) is 1. The zero-order valence-corrected chi connectivity index (χ0v) is 14.1. The van der Waals surface area contributed by atoms with E-state index in [1.807, 2.05) is 0 Å². The van der Waals surface area contributed by atoms with E-state index >= 15 is 0 Å². The van der Waals surface area contributed by atoms with E-state index in [2.05, 4.69) is 0 Å². The number of carbonyl (C=O) groups excluding carboxylic acids is 3. The predicted octanol–water partition coefficient (Wildman–Crippen LogP) is -0.372. The average molecular weight is 347 g/mol. The highest BCUT2D eigenvalue weighted by Gasteiger charge is 2.48.